The average Bonchev–Trinajstić information content (AvgIpc) is 2.99. The lowest BCUT2D eigenvalue weighted by atomic mass is 9.92. The predicted octanol–water partition coefficient (Wildman–Crippen LogP) is 1.91. The Hall–Kier alpha value is -2.62. The molecule has 0 aromatic heterocycles. The second-order valence-electron chi connectivity index (χ2n) is 5.16. The van der Waals surface area contributed by atoms with E-state index in [1.807, 2.05) is 24.3 Å². The largest absolute Gasteiger partial charge is 0.323 e. The maximum Gasteiger partial charge on any atom is 0.0760 e. The third-order valence-corrected chi connectivity index (χ3v) is 4.34. The molecule has 0 fully saturated rings. The Morgan fingerprint density at radius 1 is 0.650 bits per heavy atom. The van der Waals surface area contributed by atoms with Crippen molar-refractivity contribution in [1.82, 2.24) is 0 Å². The van der Waals surface area contributed by atoms with Crippen LogP contribution >= 0.6 is 0 Å². The monoisotopic (exact) mass is 262 g/mol. The zero-order valence-electron chi connectivity index (χ0n) is 10.8. The van der Waals surface area contributed by atoms with Crippen molar-refractivity contribution in [2.24, 2.45) is 21.9 Å². The van der Waals surface area contributed by atoms with Gasteiger partial charge in [-0.25, -0.2) is 0 Å². The van der Waals surface area contributed by atoms with E-state index >= 15 is 0 Å². The van der Waals surface area contributed by atoms with Crippen LogP contribution in [0.1, 0.15) is 34.1 Å². The Bertz CT molecular complexity index is 695. The summed E-state index contributed by atoms with van der Waals surface area (Å²) in [6, 6.07) is 16.4. The van der Waals surface area contributed by atoms with Gasteiger partial charge >= 0.3 is 0 Å². The van der Waals surface area contributed by atoms with Crippen molar-refractivity contribution in [3.05, 3.63) is 70.8 Å². The first-order chi connectivity index (χ1) is 9.86. The highest BCUT2D eigenvalue weighted by Gasteiger charge is 2.47. The van der Waals surface area contributed by atoms with Crippen LogP contribution in [-0.2, 0) is 0 Å². The molecule has 2 unspecified atom stereocenters. The van der Waals surface area contributed by atoms with Gasteiger partial charge in [-0.1, -0.05) is 48.5 Å². The fourth-order valence-corrected chi connectivity index (χ4v) is 3.61. The molecule has 98 valence electrons. The van der Waals surface area contributed by atoms with Crippen molar-refractivity contribution < 1.29 is 0 Å². The molecule has 2 aromatic carbocycles. The van der Waals surface area contributed by atoms with E-state index in [0.29, 0.717) is 0 Å². The molecule has 4 rings (SSSR count). The van der Waals surface area contributed by atoms with E-state index in [-0.39, 0.29) is 11.8 Å². The van der Waals surface area contributed by atoms with Gasteiger partial charge in [-0.05, 0) is 11.1 Å². The zero-order valence-corrected chi connectivity index (χ0v) is 10.8. The summed E-state index contributed by atoms with van der Waals surface area (Å²) in [6.07, 6.45) is 0. The SMILES string of the molecule is N/N=C1/c2ccccc2C2/C(=N\N)c3ccccc3C12. The number of nitrogens with zero attached hydrogens (tertiary/aromatic N) is 2. The van der Waals surface area contributed by atoms with Crippen molar-refractivity contribution in [3.63, 3.8) is 0 Å². The van der Waals surface area contributed by atoms with Gasteiger partial charge in [0.25, 0.3) is 0 Å². The summed E-state index contributed by atoms with van der Waals surface area (Å²) < 4.78 is 0. The van der Waals surface area contributed by atoms with Crippen molar-refractivity contribution in [2.75, 3.05) is 0 Å². The van der Waals surface area contributed by atoms with Gasteiger partial charge in [-0.3, -0.25) is 0 Å². The maximum absolute atomic E-state index is 5.67. The van der Waals surface area contributed by atoms with Gasteiger partial charge < -0.3 is 11.7 Å². The number of hydrogen-bond donors (Lipinski definition) is 2. The number of rotatable bonds is 0. The lowest BCUT2D eigenvalue weighted by Gasteiger charge is -2.11. The third-order valence-electron chi connectivity index (χ3n) is 4.34. The normalized spacial score (nSPS) is 26.6. The lowest BCUT2D eigenvalue weighted by molar-refractivity contribution is 0.869. The van der Waals surface area contributed by atoms with Crippen LogP contribution in [0.25, 0.3) is 0 Å². The van der Waals surface area contributed by atoms with Crippen molar-refractivity contribution in [1.29, 1.82) is 0 Å². The molecule has 0 saturated heterocycles. The minimum Gasteiger partial charge on any atom is -0.323 e. The van der Waals surface area contributed by atoms with Crippen LogP contribution in [-0.4, -0.2) is 11.4 Å². The van der Waals surface area contributed by atoms with Crippen LogP contribution in [0.2, 0.25) is 0 Å². The van der Waals surface area contributed by atoms with E-state index in [9.17, 15) is 0 Å². The maximum atomic E-state index is 5.67. The van der Waals surface area contributed by atoms with E-state index in [0.717, 1.165) is 22.6 Å². The number of hydrogen-bond acceptors (Lipinski definition) is 4. The molecule has 4 heteroatoms. The van der Waals surface area contributed by atoms with Crippen LogP contribution in [0.5, 0.6) is 0 Å². The summed E-state index contributed by atoms with van der Waals surface area (Å²) >= 11 is 0. The fraction of sp³-hybridized carbons (Fsp3) is 0.125. The molecule has 0 aliphatic heterocycles. The Labute approximate surface area is 116 Å². The number of fused-ring (bicyclic) bond motifs is 5. The standard InChI is InChI=1S/C16H14N4/c17-19-15-11-7-3-1-5-9(11)13-14(15)10-6-2-4-8-12(10)16(13)20-18/h1-8,13-14H,17-18H2/b19-15-,20-16-. The minimum absolute atomic E-state index is 0.135. The molecule has 4 N–H and O–H groups in total. The molecule has 2 aliphatic carbocycles. The van der Waals surface area contributed by atoms with E-state index in [4.69, 9.17) is 11.7 Å². The quantitative estimate of drug-likeness (QED) is 0.562. The zero-order chi connectivity index (χ0) is 13.7. The first-order valence-electron chi connectivity index (χ1n) is 6.61. The molecule has 4 nitrogen and oxygen atoms in total. The summed E-state index contributed by atoms with van der Waals surface area (Å²) in [6.45, 7) is 0. The molecule has 0 heterocycles. The van der Waals surface area contributed by atoms with E-state index in [2.05, 4.69) is 34.5 Å². The Kier molecular flexibility index (Phi) is 2.21. The Morgan fingerprint density at radius 2 is 1.05 bits per heavy atom. The molecule has 2 aliphatic rings. The second kappa shape index (κ2) is 3.93. The van der Waals surface area contributed by atoms with Gasteiger partial charge in [-0.2, -0.15) is 10.2 Å². The number of benzene rings is 2. The van der Waals surface area contributed by atoms with E-state index in [1.54, 1.807) is 0 Å². The molecular formula is C16H14N4. The topological polar surface area (TPSA) is 76.8 Å². The molecule has 20 heavy (non-hydrogen) atoms. The summed E-state index contributed by atoms with van der Waals surface area (Å²) in [5.74, 6) is 11.6. The van der Waals surface area contributed by atoms with Crippen LogP contribution in [0.4, 0.5) is 0 Å². The highest BCUT2D eigenvalue weighted by atomic mass is 15.1. The molecule has 0 radical (unpaired) electrons. The van der Waals surface area contributed by atoms with Crippen molar-refractivity contribution in [2.45, 2.75) is 11.8 Å². The minimum atomic E-state index is 0.135. The molecule has 0 saturated carbocycles. The van der Waals surface area contributed by atoms with Crippen molar-refractivity contribution in [3.8, 4) is 0 Å². The van der Waals surface area contributed by atoms with Gasteiger partial charge in [0.05, 0.1) is 11.4 Å². The third kappa shape index (κ3) is 1.20. The van der Waals surface area contributed by atoms with Gasteiger partial charge in [-0.15, -0.1) is 0 Å². The molecule has 2 atom stereocenters. The van der Waals surface area contributed by atoms with Gasteiger partial charge in [0, 0.05) is 23.0 Å². The lowest BCUT2D eigenvalue weighted by Crippen LogP contribution is -2.13. The Balaban J connectivity index is 2.05. The van der Waals surface area contributed by atoms with Crippen LogP contribution in [0, 0.1) is 0 Å². The predicted molar refractivity (Wildman–Crippen MR) is 79.8 cm³/mol. The summed E-state index contributed by atoms with van der Waals surface area (Å²) in [4.78, 5) is 0. The highest BCUT2D eigenvalue weighted by Crippen LogP contribution is 2.51. The van der Waals surface area contributed by atoms with Crippen LogP contribution < -0.4 is 11.7 Å². The summed E-state index contributed by atoms with van der Waals surface area (Å²) in [5.41, 5.74) is 6.50. The van der Waals surface area contributed by atoms with Gasteiger partial charge in [0.2, 0.25) is 0 Å². The van der Waals surface area contributed by atoms with E-state index in [1.165, 1.54) is 11.1 Å². The highest BCUT2D eigenvalue weighted by molar-refractivity contribution is 6.23. The smallest absolute Gasteiger partial charge is 0.0760 e. The van der Waals surface area contributed by atoms with Crippen LogP contribution in [0.15, 0.2) is 58.7 Å². The first kappa shape index (κ1) is 11.2. The molecule has 0 spiro atoms. The molecule has 2 aromatic rings. The van der Waals surface area contributed by atoms with Crippen LogP contribution in [0.3, 0.4) is 0 Å². The number of hydrazone groups is 2. The first-order valence-corrected chi connectivity index (χ1v) is 6.61. The number of nitrogens with two attached hydrogens (primary N) is 2. The molecule has 0 bridgehead atoms. The average molecular weight is 262 g/mol. The summed E-state index contributed by atoms with van der Waals surface area (Å²) in [7, 11) is 0. The van der Waals surface area contributed by atoms with Gasteiger partial charge in [0.15, 0.2) is 0 Å². The molecular weight excluding hydrogens is 248 g/mol. The fourth-order valence-electron chi connectivity index (χ4n) is 3.61. The second-order valence-corrected chi connectivity index (χ2v) is 5.16. The molecule has 0 amide bonds. The van der Waals surface area contributed by atoms with E-state index < -0.39 is 0 Å². The van der Waals surface area contributed by atoms with Crippen molar-refractivity contribution >= 4 is 11.4 Å². The Morgan fingerprint density at radius 3 is 1.45 bits per heavy atom. The summed E-state index contributed by atoms with van der Waals surface area (Å²) in [5, 5.41) is 8.12. The van der Waals surface area contributed by atoms with Gasteiger partial charge in [0.1, 0.15) is 0 Å².